The van der Waals surface area contributed by atoms with Crippen LogP contribution in [0.1, 0.15) is 22.3 Å². The summed E-state index contributed by atoms with van der Waals surface area (Å²) in [4.78, 5) is 5.51. The average Bonchev–Trinajstić information content (AvgIpc) is 3.94. The molecule has 0 saturated carbocycles. The molecule has 0 aliphatic heterocycles. The SMILES string of the molecule is c1ccc(-c2cccc(-c3nc4cc(-c5cccc6c5-c5ccccc5C65c6ccccc6-c6ccccc65)ccc4n3-c3cccc(-c4ccccc4)c3)c2)cc1. The summed E-state index contributed by atoms with van der Waals surface area (Å²) in [6.45, 7) is 0. The minimum atomic E-state index is -0.387. The largest absolute Gasteiger partial charge is 0.292 e. The van der Waals surface area contributed by atoms with Gasteiger partial charge in [0.15, 0.2) is 0 Å². The van der Waals surface area contributed by atoms with Gasteiger partial charge in [0.25, 0.3) is 0 Å². The number of hydrogen-bond donors (Lipinski definition) is 0. The Labute approximate surface area is 338 Å². The van der Waals surface area contributed by atoms with E-state index in [1.54, 1.807) is 0 Å². The highest BCUT2D eigenvalue weighted by molar-refractivity contribution is 6.01. The number of hydrogen-bond acceptors (Lipinski definition) is 1. The van der Waals surface area contributed by atoms with E-state index in [2.05, 4.69) is 223 Å². The molecule has 0 N–H and O–H groups in total. The molecule has 0 bridgehead atoms. The summed E-state index contributed by atoms with van der Waals surface area (Å²) in [5, 5.41) is 0. The summed E-state index contributed by atoms with van der Waals surface area (Å²) >= 11 is 0. The van der Waals surface area contributed by atoms with Crippen molar-refractivity contribution in [1.29, 1.82) is 0 Å². The Balaban J connectivity index is 1.08. The van der Waals surface area contributed by atoms with Crippen LogP contribution in [0.25, 0.3) is 83.7 Å². The van der Waals surface area contributed by atoms with Gasteiger partial charge in [-0.05, 0) is 108 Å². The highest BCUT2D eigenvalue weighted by Gasteiger charge is 2.51. The molecule has 9 aromatic carbocycles. The molecular weight excluding hydrogens is 701 g/mol. The highest BCUT2D eigenvalue weighted by atomic mass is 15.1. The summed E-state index contributed by atoms with van der Waals surface area (Å²) in [5.74, 6) is 0.914. The minimum absolute atomic E-state index is 0.387. The zero-order valence-corrected chi connectivity index (χ0v) is 31.7. The summed E-state index contributed by atoms with van der Waals surface area (Å²) in [7, 11) is 0. The first kappa shape index (κ1) is 32.7. The van der Waals surface area contributed by atoms with Crippen LogP contribution in [0.5, 0.6) is 0 Å². The van der Waals surface area contributed by atoms with Crippen molar-refractivity contribution in [3.05, 3.63) is 241 Å². The molecule has 0 saturated heterocycles. The maximum atomic E-state index is 5.51. The van der Waals surface area contributed by atoms with Gasteiger partial charge in [-0.2, -0.15) is 0 Å². The fourth-order valence-corrected chi connectivity index (χ4v) is 10.0. The van der Waals surface area contributed by atoms with Crippen molar-refractivity contribution in [3.8, 4) is 72.7 Å². The fourth-order valence-electron chi connectivity index (χ4n) is 10.0. The molecule has 0 atom stereocenters. The highest BCUT2D eigenvalue weighted by Crippen LogP contribution is 2.64. The van der Waals surface area contributed by atoms with Gasteiger partial charge in [0, 0.05) is 11.3 Å². The van der Waals surface area contributed by atoms with Gasteiger partial charge in [-0.15, -0.1) is 0 Å². The molecule has 2 aliphatic carbocycles. The molecule has 0 fully saturated rings. The first-order valence-electron chi connectivity index (χ1n) is 20.0. The van der Waals surface area contributed by atoms with Crippen LogP contribution in [-0.4, -0.2) is 9.55 Å². The van der Waals surface area contributed by atoms with Crippen molar-refractivity contribution in [2.45, 2.75) is 5.41 Å². The predicted molar refractivity (Wildman–Crippen MR) is 239 cm³/mol. The van der Waals surface area contributed by atoms with Gasteiger partial charge in [0.05, 0.1) is 16.4 Å². The number of imidazole rings is 1. The van der Waals surface area contributed by atoms with Crippen molar-refractivity contribution in [2.75, 3.05) is 0 Å². The topological polar surface area (TPSA) is 17.8 Å². The van der Waals surface area contributed by atoms with Crippen LogP contribution in [0.2, 0.25) is 0 Å². The van der Waals surface area contributed by atoms with Crippen LogP contribution in [0.4, 0.5) is 0 Å². The Bertz CT molecular complexity index is 3180. The Morgan fingerprint density at radius 2 is 0.828 bits per heavy atom. The van der Waals surface area contributed by atoms with E-state index < -0.39 is 0 Å². The zero-order valence-electron chi connectivity index (χ0n) is 31.7. The molecule has 0 unspecified atom stereocenters. The Morgan fingerprint density at radius 1 is 0.328 bits per heavy atom. The zero-order chi connectivity index (χ0) is 38.2. The lowest BCUT2D eigenvalue weighted by molar-refractivity contribution is 0.794. The second-order valence-corrected chi connectivity index (χ2v) is 15.5. The van der Waals surface area contributed by atoms with Gasteiger partial charge in [-0.25, -0.2) is 4.98 Å². The van der Waals surface area contributed by atoms with Gasteiger partial charge < -0.3 is 0 Å². The summed E-state index contributed by atoms with van der Waals surface area (Å²) in [5.41, 5.74) is 21.5. The Kier molecular flexibility index (Phi) is 7.18. The Morgan fingerprint density at radius 3 is 1.52 bits per heavy atom. The van der Waals surface area contributed by atoms with Crippen molar-refractivity contribution < 1.29 is 0 Å². The molecule has 1 heterocycles. The standard InChI is InChI=1S/C56H36N2/c1-3-16-37(17-4-1)39-20-13-22-42(34-39)55-57-52-36-41(32-33-53(52)58(55)43-23-14-21-40(35-43)38-18-5-2-6-19-38)44-27-15-31-51-54(44)47-26-9-12-30-50(47)56(51)48-28-10-7-24-45(48)46-25-8-11-29-49(46)56/h1-36H. The number of fused-ring (bicyclic) bond motifs is 11. The van der Waals surface area contributed by atoms with Gasteiger partial charge in [-0.3, -0.25) is 4.57 Å². The van der Waals surface area contributed by atoms with Crippen LogP contribution < -0.4 is 0 Å². The molecule has 1 aromatic heterocycles. The molecule has 1 spiro atoms. The van der Waals surface area contributed by atoms with Crippen LogP contribution in [0.3, 0.4) is 0 Å². The summed E-state index contributed by atoms with van der Waals surface area (Å²) in [6.07, 6.45) is 0. The van der Waals surface area contributed by atoms with Crippen LogP contribution >= 0.6 is 0 Å². The Hall–Kier alpha value is -7.55. The van der Waals surface area contributed by atoms with Crippen molar-refractivity contribution in [3.63, 3.8) is 0 Å². The van der Waals surface area contributed by atoms with Gasteiger partial charge in [0.1, 0.15) is 5.82 Å². The number of nitrogens with zero attached hydrogens (tertiary/aromatic N) is 2. The first-order valence-corrected chi connectivity index (χ1v) is 20.0. The third-order valence-electron chi connectivity index (χ3n) is 12.4. The van der Waals surface area contributed by atoms with Crippen LogP contribution in [-0.2, 0) is 5.41 Å². The molecular formula is C56H36N2. The molecule has 2 nitrogen and oxygen atoms in total. The van der Waals surface area contributed by atoms with Crippen LogP contribution in [0, 0.1) is 0 Å². The quantitative estimate of drug-likeness (QED) is 0.172. The molecule has 2 heteroatoms. The van der Waals surface area contributed by atoms with E-state index in [0.717, 1.165) is 39.2 Å². The third-order valence-corrected chi connectivity index (χ3v) is 12.4. The average molecular weight is 737 g/mol. The van der Waals surface area contributed by atoms with E-state index in [1.807, 2.05) is 0 Å². The van der Waals surface area contributed by atoms with E-state index in [1.165, 1.54) is 66.8 Å². The van der Waals surface area contributed by atoms with Crippen LogP contribution in [0.15, 0.2) is 218 Å². The van der Waals surface area contributed by atoms with Crippen molar-refractivity contribution in [1.82, 2.24) is 9.55 Å². The van der Waals surface area contributed by atoms with E-state index in [0.29, 0.717) is 0 Å². The molecule has 2 aliphatic rings. The second-order valence-electron chi connectivity index (χ2n) is 15.5. The number of aromatic nitrogens is 2. The predicted octanol–water partition coefficient (Wildman–Crippen LogP) is 14.0. The van der Waals surface area contributed by atoms with Gasteiger partial charge in [-0.1, -0.05) is 188 Å². The monoisotopic (exact) mass is 736 g/mol. The normalized spacial score (nSPS) is 13.0. The van der Waals surface area contributed by atoms with Gasteiger partial charge in [0.2, 0.25) is 0 Å². The number of benzene rings is 9. The maximum absolute atomic E-state index is 5.51. The fraction of sp³-hybridized carbons (Fsp3) is 0.0179. The summed E-state index contributed by atoms with van der Waals surface area (Å²) < 4.78 is 2.34. The molecule has 270 valence electrons. The lowest BCUT2D eigenvalue weighted by Crippen LogP contribution is -2.25. The van der Waals surface area contributed by atoms with E-state index in [9.17, 15) is 0 Å². The molecule has 12 rings (SSSR count). The number of rotatable bonds is 5. The first-order chi connectivity index (χ1) is 28.8. The second kappa shape index (κ2) is 12.7. The maximum Gasteiger partial charge on any atom is 0.145 e. The third kappa shape index (κ3) is 4.69. The lowest BCUT2D eigenvalue weighted by atomic mass is 9.70. The smallest absolute Gasteiger partial charge is 0.145 e. The molecule has 10 aromatic rings. The van der Waals surface area contributed by atoms with E-state index >= 15 is 0 Å². The molecule has 58 heavy (non-hydrogen) atoms. The molecule has 0 radical (unpaired) electrons. The van der Waals surface area contributed by atoms with E-state index in [-0.39, 0.29) is 5.41 Å². The van der Waals surface area contributed by atoms with Gasteiger partial charge >= 0.3 is 0 Å². The minimum Gasteiger partial charge on any atom is -0.292 e. The van der Waals surface area contributed by atoms with E-state index in [4.69, 9.17) is 4.98 Å². The van der Waals surface area contributed by atoms with Crippen molar-refractivity contribution >= 4 is 11.0 Å². The van der Waals surface area contributed by atoms with Crippen molar-refractivity contribution in [2.24, 2.45) is 0 Å². The lowest BCUT2D eigenvalue weighted by Gasteiger charge is -2.30. The summed E-state index contributed by atoms with van der Waals surface area (Å²) in [6, 6.07) is 79.7. The molecule has 0 amide bonds.